The summed E-state index contributed by atoms with van der Waals surface area (Å²) in [6.07, 6.45) is 5.95. The molecule has 2 rings (SSSR count). The molecular formula is C11H16BrN3OS. The van der Waals surface area contributed by atoms with Gasteiger partial charge in [0.15, 0.2) is 0 Å². The zero-order chi connectivity index (χ0) is 12.3. The summed E-state index contributed by atoms with van der Waals surface area (Å²) in [6, 6.07) is 0. The van der Waals surface area contributed by atoms with Crippen molar-refractivity contribution in [2.45, 2.75) is 38.1 Å². The van der Waals surface area contributed by atoms with Crippen molar-refractivity contribution in [2.24, 2.45) is 5.92 Å². The number of alkyl halides is 1. The molecule has 1 aliphatic rings. The molecule has 1 aliphatic carbocycles. The predicted octanol–water partition coefficient (Wildman–Crippen LogP) is 2.61. The van der Waals surface area contributed by atoms with Crippen LogP contribution in [0.25, 0.3) is 0 Å². The van der Waals surface area contributed by atoms with E-state index in [1.165, 1.54) is 19.0 Å². The number of carbonyl (C=O) groups is 1. The van der Waals surface area contributed by atoms with Gasteiger partial charge >= 0.3 is 0 Å². The average molecular weight is 318 g/mol. The lowest BCUT2D eigenvalue weighted by molar-refractivity contribution is 0.0878. The molecule has 1 fully saturated rings. The van der Waals surface area contributed by atoms with E-state index < -0.39 is 0 Å². The number of aromatic nitrogens is 2. The van der Waals surface area contributed by atoms with Crippen molar-refractivity contribution in [3.05, 3.63) is 11.1 Å². The van der Waals surface area contributed by atoms with Crippen LogP contribution < -0.4 is 5.32 Å². The monoisotopic (exact) mass is 317 g/mol. The summed E-state index contributed by atoms with van der Waals surface area (Å²) in [4.78, 5) is 12.6. The topological polar surface area (TPSA) is 54.9 Å². The van der Waals surface area contributed by atoms with E-state index in [1.807, 2.05) is 0 Å². The number of nitrogens with one attached hydrogen (secondary N) is 1. The largest absolute Gasteiger partial charge is 0.345 e. The molecule has 1 aromatic heterocycles. The van der Waals surface area contributed by atoms with Crippen molar-refractivity contribution in [1.82, 2.24) is 14.9 Å². The van der Waals surface area contributed by atoms with Crippen LogP contribution in [-0.4, -0.2) is 26.4 Å². The van der Waals surface area contributed by atoms with Gasteiger partial charge in [-0.15, -0.1) is 5.10 Å². The van der Waals surface area contributed by atoms with Gasteiger partial charge in [0.05, 0.1) is 11.7 Å². The van der Waals surface area contributed by atoms with Crippen LogP contribution in [-0.2, 0) is 0 Å². The van der Waals surface area contributed by atoms with Gasteiger partial charge in [-0.25, -0.2) is 0 Å². The summed E-state index contributed by atoms with van der Waals surface area (Å²) in [5.41, 5.74) is -0.0897. The highest BCUT2D eigenvalue weighted by atomic mass is 79.9. The molecule has 0 unspecified atom stereocenters. The second-order valence-electron chi connectivity index (χ2n) is 4.83. The first-order valence-corrected chi connectivity index (χ1v) is 7.70. The summed E-state index contributed by atoms with van der Waals surface area (Å²) >= 11 is 4.68. The van der Waals surface area contributed by atoms with Crippen LogP contribution in [0.3, 0.4) is 0 Å². The molecule has 17 heavy (non-hydrogen) atoms. The first kappa shape index (κ1) is 13.0. The van der Waals surface area contributed by atoms with Crippen molar-refractivity contribution >= 4 is 33.4 Å². The first-order chi connectivity index (χ1) is 8.15. The van der Waals surface area contributed by atoms with E-state index in [0.29, 0.717) is 4.88 Å². The highest BCUT2D eigenvalue weighted by molar-refractivity contribution is 9.09. The normalized spacial score (nSPS) is 28.9. The van der Waals surface area contributed by atoms with Gasteiger partial charge in [0.2, 0.25) is 0 Å². The highest BCUT2D eigenvalue weighted by Crippen LogP contribution is 2.33. The van der Waals surface area contributed by atoms with E-state index in [4.69, 9.17) is 0 Å². The third kappa shape index (κ3) is 3.04. The number of halogens is 1. The van der Waals surface area contributed by atoms with Crippen molar-refractivity contribution in [3.8, 4) is 0 Å². The second kappa shape index (κ2) is 5.44. The third-order valence-corrected chi connectivity index (χ3v) is 5.19. The molecule has 4 nitrogen and oxygen atoms in total. The van der Waals surface area contributed by atoms with E-state index in [-0.39, 0.29) is 11.4 Å². The second-order valence-corrected chi connectivity index (χ2v) is 6.18. The summed E-state index contributed by atoms with van der Waals surface area (Å²) < 4.78 is 3.72. The summed E-state index contributed by atoms with van der Waals surface area (Å²) in [5, 5.41) is 7.65. The van der Waals surface area contributed by atoms with E-state index in [2.05, 4.69) is 37.8 Å². The zero-order valence-electron chi connectivity index (χ0n) is 9.78. The molecule has 6 heteroatoms. The van der Waals surface area contributed by atoms with Gasteiger partial charge in [-0.1, -0.05) is 27.3 Å². The number of hydrogen-bond donors (Lipinski definition) is 1. The smallest absolute Gasteiger partial charge is 0.265 e. The molecule has 1 amide bonds. The van der Waals surface area contributed by atoms with E-state index in [1.54, 1.807) is 0 Å². The summed E-state index contributed by atoms with van der Waals surface area (Å²) in [7, 11) is 0. The number of nitrogens with zero attached hydrogens (tertiary/aromatic N) is 2. The van der Waals surface area contributed by atoms with Crippen molar-refractivity contribution < 1.29 is 4.79 Å². The maximum atomic E-state index is 12.0. The molecule has 1 heterocycles. The first-order valence-electron chi connectivity index (χ1n) is 5.81. The van der Waals surface area contributed by atoms with E-state index in [0.717, 1.165) is 35.6 Å². The van der Waals surface area contributed by atoms with Crippen LogP contribution >= 0.6 is 27.5 Å². The molecular weight excluding hydrogens is 302 g/mol. The molecule has 0 radical (unpaired) electrons. The molecule has 0 aliphatic heterocycles. The molecule has 0 atom stereocenters. The Balaban J connectivity index is 2.02. The summed E-state index contributed by atoms with van der Waals surface area (Å²) in [5.74, 6) is 0.721. The number of carbonyl (C=O) groups excluding carboxylic acids is 1. The van der Waals surface area contributed by atoms with Crippen LogP contribution in [0.5, 0.6) is 0 Å². The highest BCUT2D eigenvalue weighted by Gasteiger charge is 2.35. The van der Waals surface area contributed by atoms with Gasteiger partial charge < -0.3 is 5.32 Å². The number of rotatable bonds is 3. The van der Waals surface area contributed by atoms with Gasteiger partial charge in [-0.2, -0.15) is 0 Å². The van der Waals surface area contributed by atoms with Crippen molar-refractivity contribution in [1.29, 1.82) is 0 Å². The van der Waals surface area contributed by atoms with Gasteiger partial charge in [0, 0.05) is 5.33 Å². The lowest BCUT2D eigenvalue weighted by Crippen LogP contribution is -2.51. The molecule has 1 aromatic rings. The lowest BCUT2D eigenvalue weighted by atomic mass is 9.78. The minimum Gasteiger partial charge on any atom is -0.345 e. The SMILES string of the molecule is CC1CCC(CBr)(NC(=O)c2cnns2)CC1. The van der Waals surface area contributed by atoms with Crippen LogP contribution in [0.2, 0.25) is 0 Å². The fraction of sp³-hybridized carbons (Fsp3) is 0.727. The molecule has 94 valence electrons. The standard InChI is InChI=1S/C11H16BrN3OS/c1-8-2-4-11(7-12,5-3-8)14-10(16)9-6-13-15-17-9/h6,8H,2-5,7H2,1H3,(H,14,16). The fourth-order valence-electron chi connectivity index (χ4n) is 2.18. The maximum Gasteiger partial charge on any atom is 0.265 e. The molecule has 0 spiro atoms. The minimum atomic E-state index is -0.0897. The Bertz CT molecular complexity index is 374. The Morgan fingerprint density at radius 1 is 1.65 bits per heavy atom. The molecule has 0 bridgehead atoms. The van der Waals surface area contributed by atoms with E-state index in [9.17, 15) is 4.79 Å². The van der Waals surface area contributed by atoms with E-state index >= 15 is 0 Å². The Labute approximate surface area is 113 Å². The average Bonchev–Trinajstić information content (AvgIpc) is 2.86. The molecule has 1 N–H and O–H groups in total. The Kier molecular flexibility index (Phi) is 4.14. The number of hydrogen-bond acceptors (Lipinski definition) is 4. The molecule has 0 aromatic carbocycles. The maximum absolute atomic E-state index is 12.0. The Morgan fingerprint density at radius 2 is 2.35 bits per heavy atom. The Morgan fingerprint density at radius 3 is 2.88 bits per heavy atom. The number of amides is 1. The minimum absolute atomic E-state index is 0.0472. The summed E-state index contributed by atoms with van der Waals surface area (Å²) in [6.45, 7) is 2.27. The zero-order valence-corrected chi connectivity index (χ0v) is 12.2. The quantitative estimate of drug-likeness (QED) is 0.872. The van der Waals surface area contributed by atoms with Gasteiger partial charge in [-0.05, 0) is 43.1 Å². The van der Waals surface area contributed by atoms with Crippen LogP contribution in [0, 0.1) is 5.92 Å². The lowest BCUT2D eigenvalue weighted by Gasteiger charge is -2.38. The van der Waals surface area contributed by atoms with Crippen molar-refractivity contribution in [3.63, 3.8) is 0 Å². The third-order valence-electron chi connectivity index (χ3n) is 3.45. The van der Waals surface area contributed by atoms with Crippen LogP contribution in [0.4, 0.5) is 0 Å². The molecule has 1 saturated carbocycles. The predicted molar refractivity (Wildman–Crippen MR) is 71.5 cm³/mol. The Hall–Kier alpha value is -0.490. The fourth-order valence-corrected chi connectivity index (χ4v) is 3.29. The van der Waals surface area contributed by atoms with Gasteiger partial charge in [0.1, 0.15) is 4.88 Å². The van der Waals surface area contributed by atoms with Crippen molar-refractivity contribution in [2.75, 3.05) is 5.33 Å². The van der Waals surface area contributed by atoms with Gasteiger partial charge in [-0.3, -0.25) is 4.79 Å². The molecule has 0 saturated heterocycles. The van der Waals surface area contributed by atoms with Crippen LogP contribution in [0.15, 0.2) is 6.20 Å². The van der Waals surface area contributed by atoms with Gasteiger partial charge in [0.25, 0.3) is 5.91 Å². The van der Waals surface area contributed by atoms with Crippen LogP contribution in [0.1, 0.15) is 42.3 Å².